The summed E-state index contributed by atoms with van der Waals surface area (Å²) in [7, 11) is 0. The third-order valence-corrected chi connectivity index (χ3v) is 3.57. The number of esters is 2. The van der Waals surface area contributed by atoms with Crippen molar-refractivity contribution in [2.75, 3.05) is 26.4 Å². The maximum absolute atomic E-state index is 11.0. The highest BCUT2D eigenvalue weighted by atomic mass is 16.5. The van der Waals surface area contributed by atoms with E-state index in [1.807, 2.05) is 24.3 Å². The van der Waals surface area contributed by atoms with E-state index in [1.54, 1.807) is 0 Å². The first kappa shape index (κ1) is 45.7. The lowest BCUT2D eigenvalue weighted by Gasteiger charge is -2.07. The van der Waals surface area contributed by atoms with Gasteiger partial charge in [-0.2, -0.15) is 0 Å². The fourth-order valence-corrected chi connectivity index (χ4v) is 1.84. The van der Waals surface area contributed by atoms with E-state index in [9.17, 15) is 9.59 Å². The molecule has 0 aromatic rings. The Balaban J connectivity index is -0.000000103. The van der Waals surface area contributed by atoms with Crippen LogP contribution >= 0.6 is 0 Å². The molecule has 2 unspecified atom stereocenters. The van der Waals surface area contributed by atoms with Crippen LogP contribution in [0.4, 0.5) is 0 Å². The predicted octanol–water partition coefficient (Wildman–Crippen LogP) is 4.58. The van der Waals surface area contributed by atoms with E-state index < -0.39 is 12.2 Å². The van der Waals surface area contributed by atoms with Crippen molar-refractivity contribution < 1.29 is 39.5 Å². The van der Waals surface area contributed by atoms with Crippen molar-refractivity contribution >= 4 is 11.9 Å². The highest BCUT2D eigenvalue weighted by Crippen LogP contribution is 1.99. The topological polar surface area (TPSA) is 134 Å². The number of hydrogen-bond acceptors (Lipinski definition) is 8. The summed E-state index contributed by atoms with van der Waals surface area (Å²) in [6, 6.07) is 0. The van der Waals surface area contributed by atoms with E-state index in [-0.39, 0.29) is 68.1 Å². The van der Waals surface area contributed by atoms with Crippen LogP contribution in [0.1, 0.15) is 94.9 Å². The maximum Gasteiger partial charge on any atom is 0.306 e. The van der Waals surface area contributed by atoms with Crippen LogP contribution in [-0.4, -0.2) is 71.0 Å². The number of aliphatic hydroxyl groups is 4. The molecule has 0 aliphatic rings. The highest BCUT2D eigenvalue weighted by Gasteiger charge is 2.07. The van der Waals surface area contributed by atoms with Gasteiger partial charge in [0.2, 0.25) is 0 Å². The second-order valence-electron chi connectivity index (χ2n) is 6.64. The van der Waals surface area contributed by atoms with E-state index in [2.05, 4.69) is 13.8 Å². The Morgan fingerprint density at radius 2 is 0.941 bits per heavy atom. The van der Waals surface area contributed by atoms with Crippen molar-refractivity contribution in [3.8, 4) is 0 Å². The molecule has 0 aliphatic heterocycles. The Morgan fingerprint density at radius 1 is 0.647 bits per heavy atom. The Labute approximate surface area is 209 Å². The molecule has 0 rings (SSSR count). The second-order valence-corrected chi connectivity index (χ2v) is 6.64. The van der Waals surface area contributed by atoms with E-state index in [1.165, 1.54) is 0 Å². The summed E-state index contributed by atoms with van der Waals surface area (Å²) in [5, 5.41) is 34.8. The van der Waals surface area contributed by atoms with Crippen molar-refractivity contribution in [3.05, 3.63) is 24.3 Å². The van der Waals surface area contributed by atoms with Crippen LogP contribution in [0.25, 0.3) is 0 Å². The van der Waals surface area contributed by atoms with Gasteiger partial charge in [-0.3, -0.25) is 9.59 Å². The highest BCUT2D eigenvalue weighted by molar-refractivity contribution is 5.69. The van der Waals surface area contributed by atoms with Gasteiger partial charge in [0.25, 0.3) is 0 Å². The number of hydrogen-bond donors (Lipinski definition) is 4. The van der Waals surface area contributed by atoms with Gasteiger partial charge in [0, 0.05) is 12.8 Å². The van der Waals surface area contributed by atoms with Crippen molar-refractivity contribution in [2.24, 2.45) is 0 Å². The summed E-state index contributed by atoms with van der Waals surface area (Å²) < 4.78 is 9.44. The quantitative estimate of drug-likeness (QED) is 0.180. The molecule has 8 nitrogen and oxygen atoms in total. The minimum Gasteiger partial charge on any atom is -0.463 e. The van der Waals surface area contributed by atoms with Crippen LogP contribution in [0.2, 0.25) is 0 Å². The largest absolute Gasteiger partial charge is 0.463 e. The SMILES string of the molecule is C.C.C.C.CCC/C=C/CCC(=O)OCC(O)CO.CCC/C=C\CCC(=O)OCC(O)CO. The summed E-state index contributed by atoms with van der Waals surface area (Å²) in [4.78, 5) is 22.1. The van der Waals surface area contributed by atoms with Gasteiger partial charge in [0.05, 0.1) is 13.2 Å². The zero-order chi connectivity index (χ0) is 23.0. The van der Waals surface area contributed by atoms with Crippen LogP contribution in [-0.2, 0) is 19.1 Å². The van der Waals surface area contributed by atoms with Gasteiger partial charge < -0.3 is 29.9 Å². The number of rotatable bonds is 16. The molecular weight excluding hydrogens is 440 g/mol. The molecule has 0 radical (unpaired) electrons. The first-order chi connectivity index (χ1) is 14.4. The third kappa shape index (κ3) is 37.6. The van der Waals surface area contributed by atoms with Crippen LogP contribution in [0, 0.1) is 0 Å². The van der Waals surface area contributed by atoms with E-state index >= 15 is 0 Å². The molecule has 0 aliphatic carbocycles. The van der Waals surface area contributed by atoms with Gasteiger partial charge >= 0.3 is 11.9 Å². The number of carbonyl (C=O) groups is 2. The summed E-state index contributed by atoms with van der Waals surface area (Å²) >= 11 is 0. The molecule has 8 heteroatoms. The van der Waals surface area contributed by atoms with Gasteiger partial charge in [-0.15, -0.1) is 0 Å². The van der Waals surface area contributed by atoms with Crippen molar-refractivity contribution in [1.29, 1.82) is 0 Å². The first-order valence-electron chi connectivity index (χ1n) is 10.6. The molecular formula is C26H56O8. The molecule has 0 spiro atoms. The van der Waals surface area contributed by atoms with Gasteiger partial charge in [0.1, 0.15) is 25.4 Å². The molecule has 0 aromatic heterocycles. The number of unbranched alkanes of at least 4 members (excludes halogenated alkanes) is 2. The molecule has 4 N–H and O–H groups in total. The molecule has 0 amide bonds. The van der Waals surface area contributed by atoms with Crippen LogP contribution in [0.15, 0.2) is 24.3 Å². The Bertz CT molecular complexity index is 422. The van der Waals surface area contributed by atoms with Crippen molar-refractivity contribution in [1.82, 2.24) is 0 Å². The molecule has 0 fully saturated rings. The average Bonchev–Trinajstić information content (AvgIpc) is 2.75. The molecule has 0 heterocycles. The standard InChI is InChI=1S/2C11H20O4.4CH4/c2*1-2-3-4-5-6-7-11(14)15-9-10(13)8-12;;;;/h2*4-5,10,12-13H,2-3,6-9H2,1H3;4*1H4/b5-4+;5-4-;;;;. The fraction of sp³-hybridized carbons (Fsp3) is 0.769. The number of aliphatic hydroxyl groups excluding tert-OH is 4. The Hall–Kier alpha value is -1.74. The lowest BCUT2D eigenvalue weighted by atomic mass is 10.2. The predicted molar refractivity (Wildman–Crippen MR) is 142 cm³/mol. The molecule has 0 bridgehead atoms. The molecule has 0 aromatic carbocycles. The summed E-state index contributed by atoms with van der Waals surface area (Å²) in [6.45, 7) is 3.15. The lowest BCUT2D eigenvalue weighted by molar-refractivity contribution is -0.148. The Kier molecular flexibility index (Phi) is 48.2. The Morgan fingerprint density at radius 3 is 1.21 bits per heavy atom. The average molecular weight is 497 g/mol. The summed E-state index contributed by atoms with van der Waals surface area (Å²) in [5.41, 5.74) is 0. The zero-order valence-corrected chi connectivity index (χ0v) is 18.4. The summed E-state index contributed by atoms with van der Waals surface area (Å²) in [5.74, 6) is -0.688. The molecule has 0 saturated carbocycles. The number of allylic oxidation sites excluding steroid dienone is 4. The maximum atomic E-state index is 11.0. The van der Waals surface area contributed by atoms with Gasteiger partial charge in [-0.25, -0.2) is 0 Å². The monoisotopic (exact) mass is 496 g/mol. The minimum absolute atomic E-state index is 0. The molecule has 0 saturated heterocycles. The van der Waals surface area contributed by atoms with Crippen LogP contribution < -0.4 is 0 Å². The first-order valence-corrected chi connectivity index (χ1v) is 10.6. The molecule has 2 atom stereocenters. The lowest BCUT2D eigenvalue weighted by Crippen LogP contribution is -2.21. The van der Waals surface area contributed by atoms with Gasteiger partial charge in [-0.05, 0) is 25.7 Å². The minimum atomic E-state index is -0.968. The zero-order valence-electron chi connectivity index (χ0n) is 18.4. The van der Waals surface area contributed by atoms with E-state index in [0.29, 0.717) is 25.7 Å². The fourth-order valence-electron chi connectivity index (χ4n) is 1.84. The number of carbonyl (C=O) groups excluding carboxylic acids is 2. The second kappa shape index (κ2) is 35.8. The molecule has 208 valence electrons. The summed E-state index contributed by atoms with van der Waals surface area (Å²) in [6.07, 6.45) is 12.3. The normalized spacial score (nSPS) is 11.5. The molecule has 34 heavy (non-hydrogen) atoms. The van der Waals surface area contributed by atoms with Crippen LogP contribution in [0.3, 0.4) is 0 Å². The van der Waals surface area contributed by atoms with Crippen molar-refractivity contribution in [3.63, 3.8) is 0 Å². The smallest absolute Gasteiger partial charge is 0.306 e. The van der Waals surface area contributed by atoms with E-state index in [0.717, 1.165) is 25.7 Å². The third-order valence-electron chi connectivity index (χ3n) is 3.57. The van der Waals surface area contributed by atoms with Crippen molar-refractivity contribution in [2.45, 2.75) is 107 Å². The number of ether oxygens (including phenoxy) is 2. The van der Waals surface area contributed by atoms with Gasteiger partial charge in [-0.1, -0.05) is 80.7 Å². The van der Waals surface area contributed by atoms with Crippen LogP contribution in [0.5, 0.6) is 0 Å². The van der Waals surface area contributed by atoms with E-state index in [4.69, 9.17) is 29.9 Å². The van der Waals surface area contributed by atoms with Gasteiger partial charge in [0.15, 0.2) is 0 Å².